The second-order valence-corrected chi connectivity index (χ2v) is 5.05. The van der Waals surface area contributed by atoms with Crippen LogP contribution in [-0.2, 0) is 13.1 Å². The second kappa shape index (κ2) is 5.23. The molecule has 2 N–H and O–H groups in total. The van der Waals surface area contributed by atoms with Crippen molar-refractivity contribution < 1.29 is 9.18 Å². The molecule has 2 aromatic rings. The molecule has 102 valence electrons. The number of carbonyl (C=O) groups excluding carboxylic acids is 1. The van der Waals surface area contributed by atoms with E-state index in [1.54, 1.807) is 12.1 Å². The summed E-state index contributed by atoms with van der Waals surface area (Å²) >= 11 is 5.69. The molecule has 0 saturated carbocycles. The molecule has 0 bridgehead atoms. The zero-order chi connectivity index (χ0) is 14.1. The molecule has 3 nitrogen and oxygen atoms in total. The lowest BCUT2D eigenvalue weighted by Gasteiger charge is -2.08. The standard InChI is InChI=1S/C15H12ClFN2O/c16-12-2-1-3-13(14(12)17)19-15(20)9-4-5-10-7-18-8-11(10)6-9/h1-6,18H,7-8H2,(H,19,20). The Morgan fingerprint density at radius 1 is 1.20 bits per heavy atom. The summed E-state index contributed by atoms with van der Waals surface area (Å²) in [5, 5.41) is 5.74. The highest BCUT2D eigenvalue weighted by Gasteiger charge is 2.15. The van der Waals surface area contributed by atoms with Crippen LogP contribution in [0.2, 0.25) is 5.02 Å². The summed E-state index contributed by atoms with van der Waals surface area (Å²) in [4.78, 5) is 12.1. The predicted octanol–water partition coefficient (Wildman–Crippen LogP) is 3.33. The van der Waals surface area contributed by atoms with E-state index in [1.165, 1.54) is 17.7 Å². The first-order valence-electron chi connectivity index (χ1n) is 6.23. The lowest BCUT2D eigenvalue weighted by Crippen LogP contribution is -2.13. The van der Waals surface area contributed by atoms with Gasteiger partial charge < -0.3 is 10.6 Å². The Bertz CT molecular complexity index is 688. The molecule has 1 heterocycles. The van der Waals surface area contributed by atoms with E-state index < -0.39 is 5.82 Å². The average molecular weight is 291 g/mol. The highest BCUT2D eigenvalue weighted by atomic mass is 35.5. The SMILES string of the molecule is O=C(Nc1cccc(Cl)c1F)c1ccc2c(c1)CNC2. The van der Waals surface area contributed by atoms with Crippen molar-refractivity contribution >= 4 is 23.2 Å². The largest absolute Gasteiger partial charge is 0.319 e. The summed E-state index contributed by atoms with van der Waals surface area (Å²) in [5.41, 5.74) is 2.88. The van der Waals surface area contributed by atoms with Crippen LogP contribution < -0.4 is 10.6 Å². The zero-order valence-electron chi connectivity index (χ0n) is 10.5. The van der Waals surface area contributed by atoms with Crippen molar-refractivity contribution in [1.29, 1.82) is 0 Å². The maximum atomic E-state index is 13.7. The third-order valence-corrected chi connectivity index (χ3v) is 3.59. The van der Waals surface area contributed by atoms with Crippen molar-refractivity contribution in [3.05, 3.63) is 63.9 Å². The van der Waals surface area contributed by atoms with Gasteiger partial charge in [0.15, 0.2) is 5.82 Å². The molecule has 0 unspecified atom stereocenters. The van der Waals surface area contributed by atoms with Crippen molar-refractivity contribution in [2.45, 2.75) is 13.1 Å². The minimum Gasteiger partial charge on any atom is -0.319 e. The van der Waals surface area contributed by atoms with Crippen molar-refractivity contribution in [3.8, 4) is 0 Å². The maximum absolute atomic E-state index is 13.7. The lowest BCUT2D eigenvalue weighted by atomic mass is 10.1. The van der Waals surface area contributed by atoms with Gasteiger partial charge in [-0.05, 0) is 35.4 Å². The Labute approximate surface area is 120 Å². The van der Waals surface area contributed by atoms with Gasteiger partial charge in [0.25, 0.3) is 5.91 Å². The first-order valence-corrected chi connectivity index (χ1v) is 6.61. The fourth-order valence-corrected chi connectivity index (χ4v) is 2.41. The van der Waals surface area contributed by atoms with Gasteiger partial charge in [-0.25, -0.2) is 4.39 Å². The van der Waals surface area contributed by atoms with Gasteiger partial charge in [0, 0.05) is 18.7 Å². The molecular formula is C15H12ClFN2O. The van der Waals surface area contributed by atoms with Gasteiger partial charge in [-0.15, -0.1) is 0 Å². The number of amides is 1. The molecular weight excluding hydrogens is 279 g/mol. The van der Waals surface area contributed by atoms with Gasteiger partial charge >= 0.3 is 0 Å². The molecule has 0 spiro atoms. The molecule has 0 saturated heterocycles. The van der Waals surface area contributed by atoms with Crippen LogP contribution in [0.25, 0.3) is 0 Å². The normalized spacial score (nSPS) is 13.1. The van der Waals surface area contributed by atoms with E-state index in [4.69, 9.17) is 11.6 Å². The number of hydrogen-bond acceptors (Lipinski definition) is 2. The molecule has 1 amide bonds. The first kappa shape index (κ1) is 13.1. The van der Waals surface area contributed by atoms with Crippen LogP contribution in [0.3, 0.4) is 0 Å². The lowest BCUT2D eigenvalue weighted by molar-refractivity contribution is 0.102. The number of anilines is 1. The Hall–Kier alpha value is -1.91. The molecule has 0 atom stereocenters. The summed E-state index contributed by atoms with van der Waals surface area (Å²) in [5.74, 6) is -0.966. The molecule has 0 radical (unpaired) electrons. The van der Waals surface area contributed by atoms with E-state index in [0.29, 0.717) is 5.56 Å². The van der Waals surface area contributed by atoms with Gasteiger partial charge in [-0.3, -0.25) is 4.79 Å². The quantitative estimate of drug-likeness (QED) is 0.891. The summed E-state index contributed by atoms with van der Waals surface area (Å²) in [6.07, 6.45) is 0. The highest BCUT2D eigenvalue weighted by molar-refractivity contribution is 6.31. The second-order valence-electron chi connectivity index (χ2n) is 4.64. The molecule has 20 heavy (non-hydrogen) atoms. The van der Waals surface area contributed by atoms with Crippen LogP contribution in [0, 0.1) is 5.82 Å². The first-order chi connectivity index (χ1) is 9.65. The van der Waals surface area contributed by atoms with Crippen LogP contribution in [-0.4, -0.2) is 5.91 Å². The number of halogens is 2. The van der Waals surface area contributed by atoms with E-state index >= 15 is 0 Å². The van der Waals surface area contributed by atoms with Crippen molar-refractivity contribution in [1.82, 2.24) is 5.32 Å². The van der Waals surface area contributed by atoms with Crippen LogP contribution in [0.1, 0.15) is 21.5 Å². The van der Waals surface area contributed by atoms with E-state index in [2.05, 4.69) is 10.6 Å². The topological polar surface area (TPSA) is 41.1 Å². The molecule has 0 aromatic heterocycles. The van der Waals surface area contributed by atoms with Crippen molar-refractivity contribution in [3.63, 3.8) is 0 Å². The Morgan fingerprint density at radius 2 is 2.00 bits per heavy atom. The number of benzene rings is 2. The molecule has 5 heteroatoms. The fraction of sp³-hybridized carbons (Fsp3) is 0.133. The third kappa shape index (κ3) is 2.40. The molecule has 0 fully saturated rings. The number of fused-ring (bicyclic) bond motifs is 1. The smallest absolute Gasteiger partial charge is 0.255 e. The molecule has 1 aliphatic heterocycles. The number of rotatable bonds is 2. The van der Waals surface area contributed by atoms with Gasteiger partial charge in [0.1, 0.15) is 0 Å². The Kier molecular flexibility index (Phi) is 3.42. The number of carbonyl (C=O) groups is 1. The third-order valence-electron chi connectivity index (χ3n) is 3.30. The average Bonchev–Trinajstić information content (AvgIpc) is 2.91. The minimum absolute atomic E-state index is 0.0130. The highest BCUT2D eigenvalue weighted by Crippen LogP contribution is 2.23. The molecule has 2 aromatic carbocycles. The van der Waals surface area contributed by atoms with E-state index in [1.807, 2.05) is 12.1 Å². The van der Waals surface area contributed by atoms with Gasteiger partial charge in [0.05, 0.1) is 10.7 Å². The van der Waals surface area contributed by atoms with Gasteiger partial charge in [-0.2, -0.15) is 0 Å². The van der Waals surface area contributed by atoms with Crippen LogP contribution in [0.5, 0.6) is 0 Å². The van der Waals surface area contributed by atoms with Gasteiger partial charge in [0.2, 0.25) is 0 Å². The van der Waals surface area contributed by atoms with Crippen molar-refractivity contribution in [2.24, 2.45) is 0 Å². The minimum atomic E-state index is -0.620. The van der Waals surface area contributed by atoms with Gasteiger partial charge in [-0.1, -0.05) is 23.7 Å². The summed E-state index contributed by atoms with van der Waals surface area (Å²) in [7, 11) is 0. The number of nitrogens with one attached hydrogen (secondary N) is 2. The van der Waals surface area contributed by atoms with E-state index in [0.717, 1.165) is 18.7 Å². The zero-order valence-corrected chi connectivity index (χ0v) is 11.3. The van der Waals surface area contributed by atoms with Crippen LogP contribution in [0.15, 0.2) is 36.4 Å². The summed E-state index contributed by atoms with van der Waals surface area (Å²) < 4.78 is 13.7. The maximum Gasteiger partial charge on any atom is 0.255 e. The predicted molar refractivity (Wildman–Crippen MR) is 76.3 cm³/mol. The molecule has 1 aliphatic rings. The summed E-state index contributed by atoms with van der Waals surface area (Å²) in [6.45, 7) is 1.57. The fourth-order valence-electron chi connectivity index (χ4n) is 2.23. The van der Waals surface area contributed by atoms with Crippen LogP contribution >= 0.6 is 11.6 Å². The van der Waals surface area contributed by atoms with E-state index in [9.17, 15) is 9.18 Å². The van der Waals surface area contributed by atoms with Crippen molar-refractivity contribution in [2.75, 3.05) is 5.32 Å². The Balaban J connectivity index is 1.84. The molecule has 0 aliphatic carbocycles. The summed E-state index contributed by atoms with van der Waals surface area (Å²) in [6, 6.07) is 9.99. The Morgan fingerprint density at radius 3 is 2.85 bits per heavy atom. The monoisotopic (exact) mass is 290 g/mol. The van der Waals surface area contributed by atoms with E-state index in [-0.39, 0.29) is 16.6 Å². The van der Waals surface area contributed by atoms with Crippen LogP contribution in [0.4, 0.5) is 10.1 Å². The molecule has 3 rings (SSSR count). The number of hydrogen-bond donors (Lipinski definition) is 2.